The van der Waals surface area contributed by atoms with Crippen LogP contribution in [0, 0.1) is 0 Å². The van der Waals surface area contributed by atoms with Gasteiger partial charge in [0.1, 0.15) is 5.00 Å². The largest absolute Gasteiger partial charge is 0.394 e. The van der Waals surface area contributed by atoms with Crippen LogP contribution >= 0.6 is 23.3 Å². The Morgan fingerprint density at radius 2 is 2.40 bits per heavy atom. The van der Waals surface area contributed by atoms with Crippen molar-refractivity contribution in [2.75, 3.05) is 43.7 Å². The standard InChI is InChI=1S/C8H15N3O2S2/c1-14-6-7(9)11-15-8(6)10-2-4-13-5-3-12/h10,12H,2-5H2,1H3,(H2,9,11). The van der Waals surface area contributed by atoms with Crippen LogP contribution in [0.1, 0.15) is 0 Å². The highest BCUT2D eigenvalue weighted by Crippen LogP contribution is 2.34. The Bertz CT molecular complexity index is 293. The average Bonchev–Trinajstić information content (AvgIpc) is 2.59. The number of hydrogen-bond donors (Lipinski definition) is 3. The molecule has 0 fully saturated rings. The number of nitrogens with one attached hydrogen (secondary N) is 1. The van der Waals surface area contributed by atoms with E-state index in [1.165, 1.54) is 11.5 Å². The number of nitrogen functional groups attached to an aromatic ring is 1. The van der Waals surface area contributed by atoms with Crippen LogP contribution in [0.4, 0.5) is 10.8 Å². The smallest absolute Gasteiger partial charge is 0.153 e. The fraction of sp³-hybridized carbons (Fsp3) is 0.625. The van der Waals surface area contributed by atoms with Crippen LogP contribution in [0.25, 0.3) is 0 Å². The lowest BCUT2D eigenvalue weighted by atomic mass is 10.6. The summed E-state index contributed by atoms with van der Waals surface area (Å²) in [5.74, 6) is 0.575. The molecule has 0 aliphatic rings. The maximum absolute atomic E-state index is 8.49. The maximum Gasteiger partial charge on any atom is 0.153 e. The van der Waals surface area contributed by atoms with Gasteiger partial charge in [-0.1, -0.05) is 0 Å². The van der Waals surface area contributed by atoms with Gasteiger partial charge >= 0.3 is 0 Å². The van der Waals surface area contributed by atoms with Crippen LogP contribution in [0.2, 0.25) is 0 Å². The molecule has 5 nitrogen and oxygen atoms in total. The number of aromatic nitrogens is 1. The Kier molecular flexibility index (Phi) is 5.77. The highest BCUT2D eigenvalue weighted by atomic mass is 32.2. The molecule has 7 heteroatoms. The van der Waals surface area contributed by atoms with Gasteiger partial charge in [0.2, 0.25) is 0 Å². The Hall–Kier alpha value is -0.500. The molecule has 0 radical (unpaired) electrons. The summed E-state index contributed by atoms with van der Waals surface area (Å²) >= 11 is 2.93. The van der Waals surface area contributed by atoms with E-state index < -0.39 is 0 Å². The zero-order valence-corrected chi connectivity index (χ0v) is 10.2. The van der Waals surface area contributed by atoms with E-state index in [0.717, 1.165) is 9.90 Å². The molecule has 0 saturated heterocycles. The number of aliphatic hydroxyl groups is 1. The van der Waals surface area contributed by atoms with Crippen LogP contribution in [0.5, 0.6) is 0 Å². The van der Waals surface area contributed by atoms with Crippen molar-refractivity contribution >= 4 is 34.1 Å². The van der Waals surface area contributed by atoms with Gasteiger partial charge < -0.3 is 20.9 Å². The van der Waals surface area contributed by atoms with Crippen molar-refractivity contribution in [1.82, 2.24) is 4.37 Å². The number of rotatable bonds is 7. The van der Waals surface area contributed by atoms with Gasteiger partial charge in [-0.05, 0) is 17.8 Å². The minimum atomic E-state index is 0.0591. The van der Waals surface area contributed by atoms with Crippen molar-refractivity contribution in [3.63, 3.8) is 0 Å². The molecule has 0 bridgehead atoms. The average molecular weight is 249 g/mol. The monoisotopic (exact) mass is 249 g/mol. The van der Waals surface area contributed by atoms with Gasteiger partial charge in [0.05, 0.1) is 24.7 Å². The summed E-state index contributed by atoms with van der Waals surface area (Å²) in [6, 6.07) is 0. The minimum Gasteiger partial charge on any atom is -0.394 e. The highest BCUT2D eigenvalue weighted by molar-refractivity contribution is 7.99. The third-order valence-corrected chi connectivity index (χ3v) is 3.42. The predicted octanol–water partition coefficient (Wildman–Crippen LogP) is 0.868. The van der Waals surface area contributed by atoms with Gasteiger partial charge in [0, 0.05) is 6.54 Å². The summed E-state index contributed by atoms with van der Waals surface area (Å²) in [4.78, 5) is 0.988. The molecule has 4 N–H and O–H groups in total. The molecule has 0 spiro atoms. The van der Waals surface area contributed by atoms with E-state index in [1.807, 2.05) is 6.26 Å². The Morgan fingerprint density at radius 1 is 1.60 bits per heavy atom. The highest BCUT2D eigenvalue weighted by Gasteiger charge is 2.09. The first-order valence-corrected chi connectivity index (χ1v) is 6.51. The van der Waals surface area contributed by atoms with E-state index >= 15 is 0 Å². The van der Waals surface area contributed by atoms with Gasteiger partial charge in [-0.2, -0.15) is 4.37 Å². The summed E-state index contributed by atoms with van der Waals surface area (Å²) in [6.45, 7) is 1.69. The third kappa shape index (κ3) is 3.86. The molecule has 0 saturated carbocycles. The van der Waals surface area contributed by atoms with Gasteiger partial charge in [0.15, 0.2) is 5.82 Å². The topological polar surface area (TPSA) is 80.4 Å². The van der Waals surface area contributed by atoms with Crippen LogP contribution in [0.3, 0.4) is 0 Å². The molecule has 1 heterocycles. The molecule has 0 amide bonds. The summed E-state index contributed by atoms with van der Waals surface area (Å²) in [6.07, 6.45) is 1.97. The van der Waals surface area contributed by atoms with Crippen molar-refractivity contribution in [3.8, 4) is 0 Å². The van der Waals surface area contributed by atoms with Crippen molar-refractivity contribution in [2.45, 2.75) is 4.90 Å². The first-order valence-electron chi connectivity index (χ1n) is 4.51. The summed E-state index contributed by atoms with van der Waals surface area (Å²) < 4.78 is 9.18. The van der Waals surface area contributed by atoms with E-state index in [0.29, 0.717) is 25.6 Å². The molecular weight excluding hydrogens is 234 g/mol. The van der Waals surface area contributed by atoms with E-state index in [-0.39, 0.29) is 6.61 Å². The normalized spacial score (nSPS) is 10.5. The SMILES string of the molecule is CSc1c(N)nsc1NCCOCCO. The van der Waals surface area contributed by atoms with Gasteiger partial charge in [-0.15, -0.1) is 11.8 Å². The number of anilines is 2. The van der Waals surface area contributed by atoms with Gasteiger partial charge in [-0.3, -0.25) is 0 Å². The van der Waals surface area contributed by atoms with Gasteiger partial charge in [-0.25, -0.2) is 0 Å². The summed E-state index contributed by atoms with van der Waals surface area (Å²) in [5.41, 5.74) is 5.68. The quantitative estimate of drug-likeness (QED) is 0.491. The molecule has 1 aromatic rings. The van der Waals surface area contributed by atoms with Crippen LogP contribution in [-0.4, -0.2) is 42.1 Å². The lowest BCUT2D eigenvalue weighted by Crippen LogP contribution is -2.10. The van der Waals surface area contributed by atoms with Gasteiger partial charge in [0.25, 0.3) is 0 Å². The van der Waals surface area contributed by atoms with E-state index in [1.54, 1.807) is 11.8 Å². The second-order valence-corrected chi connectivity index (χ2v) is 4.28. The minimum absolute atomic E-state index is 0.0591. The zero-order chi connectivity index (χ0) is 11.1. The number of nitrogens with zero attached hydrogens (tertiary/aromatic N) is 1. The first-order chi connectivity index (χ1) is 7.29. The zero-order valence-electron chi connectivity index (χ0n) is 8.52. The van der Waals surface area contributed by atoms with Crippen LogP contribution < -0.4 is 11.1 Å². The number of hydrogen-bond acceptors (Lipinski definition) is 7. The lowest BCUT2D eigenvalue weighted by Gasteiger charge is -2.05. The summed E-state index contributed by atoms with van der Waals surface area (Å²) in [7, 11) is 0. The Morgan fingerprint density at radius 3 is 3.07 bits per heavy atom. The number of ether oxygens (including phenoxy) is 1. The van der Waals surface area contributed by atoms with E-state index in [4.69, 9.17) is 15.6 Å². The molecule has 0 atom stereocenters. The number of nitrogens with two attached hydrogens (primary N) is 1. The number of thioether (sulfide) groups is 1. The maximum atomic E-state index is 8.49. The summed E-state index contributed by atoms with van der Waals surface area (Å²) in [5, 5.41) is 12.7. The fourth-order valence-electron chi connectivity index (χ4n) is 1.01. The molecule has 1 rings (SSSR count). The van der Waals surface area contributed by atoms with Crippen molar-refractivity contribution < 1.29 is 9.84 Å². The molecule has 0 aliphatic carbocycles. The predicted molar refractivity (Wildman–Crippen MR) is 64.7 cm³/mol. The van der Waals surface area contributed by atoms with E-state index in [2.05, 4.69) is 9.69 Å². The molecule has 0 aliphatic heterocycles. The molecule has 0 unspecified atom stereocenters. The van der Waals surface area contributed by atoms with Crippen LogP contribution in [0.15, 0.2) is 4.90 Å². The Balaban J connectivity index is 2.30. The molecule has 0 aromatic carbocycles. The first kappa shape index (κ1) is 12.6. The molecule has 86 valence electrons. The molecular formula is C8H15N3O2S2. The second-order valence-electron chi connectivity index (χ2n) is 2.69. The van der Waals surface area contributed by atoms with Crippen molar-refractivity contribution in [3.05, 3.63) is 0 Å². The number of aliphatic hydroxyl groups excluding tert-OH is 1. The molecule has 1 aromatic heterocycles. The van der Waals surface area contributed by atoms with E-state index in [9.17, 15) is 0 Å². The van der Waals surface area contributed by atoms with Crippen molar-refractivity contribution in [2.24, 2.45) is 0 Å². The fourth-order valence-corrected chi connectivity index (χ4v) is 2.57. The second kappa shape index (κ2) is 6.89. The van der Waals surface area contributed by atoms with Crippen molar-refractivity contribution in [1.29, 1.82) is 0 Å². The lowest BCUT2D eigenvalue weighted by molar-refractivity contribution is 0.0992. The van der Waals surface area contributed by atoms with Crippen LogP contribution in [-0.2, 0) is 4.74 Å². The Labute approximate surface area is 97.2 Å². The third-order valence-electron chi connectivity index (χ3n) is 1.65. The molecule has 15 heavy (non-hydrogen) atoms.